The number of nitrogens with one attached hydrogen (secondary N) is 1. The van der Waals surface area contributed by atoms with Crippen LogP contribution in [0.1, 0.15) is 18.5 Å². The maximum absolute atomic E-state index is 12.8. The molecular weight excluding hydrogens is 395 g/mol. The van der Waals surface area contributed by atoms with Crippen LogP contribution < -0.4 is 5.32 Å². The zero-order chi connectivity index (χ0) is 18.3. The van der Waals surface area contributed by atoms with Crippen molar-refractivity contribution < 1.29 is 9.32 Å². The monoisotopic (exact) mass is 406 g/mol. The molecule has 1 aliphatic rings. The van der Waals surface area contributed by atoms with Crippen LogP contribution in [0.4, 0.5) is 5.69 Å². The second-order valence-corrected chi connectivity index (χ2v) is 7.44. The number of nitrogens with zero attached hydrogens (tertiary/aromatic N) is 1. The number of anilines is 1. The summed E-state index contributed by atoms with van der Waals surface area (Å²) in [7, 11) is 0. The summed E-state index contributed by atoms with van der Waals surface area (Å²) in [6.45, 7) is 0. The summed E-state index contributed by atoms with van der Waals surface area (Å²) in [5.74, 6) is 0.425. The number of rotatable bonds is 4. The highest BCUT2D eigenvalue weighted by Crippen LogP contribution is 2.49. The molecule has 1 amide bonds. The van der Waals surface area contributed by atoms with Crippen molar-refractivity contribution in [3.05, 3.63) is 69.3 Å². The minimum Gasteiger partial charge on any atom is -0.356 e. The van der Waals surface area contributed by atoms with Gasteiger partial charge in [0.1, 0.15) is 0 Å². The van der Waals surface area contributed by atoms with E-state index in [4.69, 9.17) is 39.3 Å². The third-order valence-corrected chi connectivity index (χ3v) is 5.58. The van der Waals surface area contributed by atoms with Crippen LogP contribution in [0.5, 0.6) is 0 Å². The average Bonchev–Trinajstić information content (AvgIpc) is 3.30. The first-order valence-electron chi connectivity index (χ1n) is 7.98. The second-order valence-electron chi connectivity index (χ2n) is 6.22. The van der Waals surface area contributed by atoms with E-state index in [0.29, 0.717) is 45.1 Å². The zero-order valence-corrected chi connectivity index (χ0v) is 15.7. The summed E-state index contributed by atoms with van der Waals surface area (Å²) in [5, 5.41) is 8.33. The summed E-state index contributed by atoms with van der Waals surface area (Å²) in [6, 6.07) is 14.2. The lowest BCUT2D eigenvalue weighted by molar-refractivity contribution is -0.118. The van der Waals surface area contributed by atoms with Crippen molar-refractivity contribution in [1.29, 1.82) is 0 Å². The van der Waals surface area contributed by atoms with Gasteiger partial charge in [-0.3, -0.25) is 4.79 Å². The molecule has 1 N–H and O–H groups in total. The van der Waals surface area contributed by atoms with E-state index in [0.717, 1.165) is 5.56 Å². The van der Waals surface area contributed by atoms with Crippen molar-refractivity contribution in [1.82, 2.24) is 5.16 Å². The Hall–Kier alpha value is -2.01. The van der Waals surface area contributed by atoms with E-state index in [9.17, 15) is 4.79 Å². The Morgan fingerprint density at radius 3 is 2.50 bits per heavy atom. The molecule has 0 radical (unpaired) electrons. The minimum atomic E-state index is -0.695. The fourth-order valence-electron chi connectivity index (χ4n) is 2.82. The van der Waals surface area contributed by atoms with E-state index in [1.807, 2.05) is 12.1 Å². The van der Waals surface area contributed by atoms with Crippen molar-refractivity contribution in [3.8, 4) is 11.3 Å². The fraction of sp³-hybridized carbons (Fsp3) is 0.158. The van der Waals surface area contributed by atoms with Crippen molar-refractivity contribution in [3.63, 3.8) is 0 Å². The van der Waals surface area contributed by atoms with Gasteiger partial charge in [-0.25, -0.2) is 0 Å². The second kappa shape index (κ2) is 6.62. The van der Waals surface area contributed by atoms with Gasteiger partial charge in [0.15, 0.2) is 5.76 Å². The first-order valence-corrected chi connectivity index (χ1v) is 9.12. The lowest BCUT2D eigenvalue weighted by atomic mass is 10.00. The Bertz CT molecular complexity index is 979. The SMILES string of the molecule is O=C(Nc1cccc(Cl)c1Cl)C1(c2cc(-c3ccc(Cl)cc3)on2)CC1. The summed E-state index contributed by atoms with van der Waals surface area (Å²) >= 11 is 18.1. The summed E-state index contributed by atoms with van der Waals surface area (Å²) < 4.78 is 5.44. The Labute approximate surface area is 165 Å². The summed E-state index contributed by atoms with van der Waals surface area (Å²) in [4.78, 5) is 12.8. The Kier molecular flexibility index (Phi) is 4.43. The van der Waals surface area contributed by atoms with Gasteiger partial charge in [-0.05, 0) is 49.2 Å². The van der Waals surface area contributed by atoms with E-state index in [-0.39, 0.29) is 5.91 Å². The minimum absolute atomic E-state index is 0.169. The maximum atomic E-state index is 12.8. The molecule has 7 heteroatoms. The molecular formula is C19H13Cl3N2O2. The molecule has 0 aliphatic heterocycles. The van der Waals surface area contributed by atoms with E-state index in [1.165, 1.54) is 0 Å². The number of carbonyl (C=O) groups is 1. The molecule has 2 aromatic carbocycles. The van der Waals surface area contributed by atoms with Crippen LogP contribution in [0.3, 0.4) is 0 Å². The largest absolute Gasteiger partial charge is 0.356 e. The molecule has 1 aromatic heterocycles. The van der Waals surface area contributed by atoms with Crippen LogP contribution in [0.25, 0.3) is 11.3 Å². The predicted molar refractivity (Wildman–Crippen MR) is 103 cm³/mol. The van der Waals surface area contributed by atoms with E-state index < -0.39 is 5.41 Å². The number of amides is 1. The molecule has 4 rings (SSSR count). The van der Waals surface area contributed by atoms with Gasteiger partial charge in [0.05, 0.1) is 26.8 Å². The molecule has 1 aliphatic carbocycles. The summed E-state index contributed by atoms with van der Waals surface area (Å²) in [6.07, 6.45) is 1.40. The predicted octanol–water partition coefficient (Wildman–Crippen LogP) is 5.97. The van der Waals surface area contributed by atoms with Gasteiger partial charge in [0, 0.05) is 16.7 Å². The van der Waals surface area contributed by atoms with Crippen LogP contribution >= 0.6 is 34.8 Å². The normalized spacial score (nSPS) is 14.9. The number of hydrogen-bond acceptors (Lipinski definition) is 3. The standard InChI is InChI=1S/C19H13Cl3N2O2/c20-12-6-4-11(5-7-12)15-10-16(24-26-15)19(8-9-19)18(25)23-14-3-1-2-13(21)17(14)22/h1-7,10H,8-9H2,(H,23,25). The molecule has 3 aromatic rings. The van der Waals surface area contributed by atoms with Crippen LogP contribution in [0.2, 0.25) is 15.1 Å². The highest BCUT2D eigenvalue weighted by atomic mass is 35.5. The van der Waals surface area contributed by atoms with E-state index >= 15 is 0 Å². The van der Waals surface area contributed by atoms with Crippen LogP contribution in [-0.2, 0) is 10.2 Å². The van der Waals surface area contributed by atoms with Crippen molar-refractivity contribution >= 4 is 46.4 Å². The zero-order valence-electron chi connectivity index (χ0n) is 13.4. The summed E-state index contributed by atoms with van der Waals surface area (Å²) in [5.41, 5.74) is 1.25. The molecule has 1 heterocycles. The van der Waals surface area contributed by atoms with Crippen LogP contribution in [-0.4, -0.2) is 11.1 Å². The third kappa shape index (κ3) is 3.09. The maximum Gasteiger partial charge on any atom is 0.236 e. The van der Waals surface area contributed by atoms with Gasteiger partial charge in [-0.15, -0.1) is 0 Å². The lowest BCUT2D eigenvalue weighted by Crippen LogP contribution is -2.28. The van der Waals surface area contributed by atoms with E-state index in [1.54, 1.807) is 36.4 Å². The van der Waals surface area contributed by atoms with Crippen molar-refractivity contribution in [2.45, 2.75) is 18.3 Å². The van der Waals surface area contributed by atoms with Crippen molar-refractivity contribution in [2.75, 3.05) is 5.32 Å². The van der Waals surface area contributed by atoms with Gasteiger partial charge in [0.25, 0.3) is 0 Å². The molecule has 0 atom stereocenters. The molecule has 1 saturated carbocycles. The van der Waals surface area contributed by atoms with E-state index in [2.05, 4.69) is 10.5 Å². The lowest BCUT2D eigenvalue weighted by Gasteiger charge is -2.13. The van der Waals surface area contributed by atoms with Crippen LogP contribution in [0, 0.1) is 0 Å². The first-order chi connectivity index (χ1) is 12.5. The first kappa shape index (κ1) is 17.4. The van der Waals surface area contributed by atoms with Gasteiger partial charge in [-0.1, -0.05) is 46.0 Å². The smallest absolute Gasteiger partial charge is 0.236 e. The van der Waals surface area contributed by atoms with Crippen LogP contribution in [0.15, 0.2) is 53.1 Å². The molecule has 0 unspecified atom stereocenters. The molecule has 132 valence electrons. The molecule has 4 nitrogen and oxygen atoms in total. The molecule has 26 heavy (non-hydrogen) atoms. The van der Waals surface area contributed by atoms with Gasteiger partial charge < -0.3 is 9.84 Å². The average molecular weight is 408 g/mol. The Morgan fingerprint density at radius 2 is 1.81 bits per heavy atom. The molecule has 1 fully saturated rings. The Balaban J connectivity index is 1.58. The highest BCUT2D eigenvalue weighted by Gasteiger charge is 2.54. The van der Waals surface area contributed by atoms with Crippen molar-refractivity contribution in [2.24, 2.45) is 0 Å². The third-order valence-electron chi connectivity index (χ3n) is 4.51. The Morgan fingerprint density at radius 1 is 1.08 bits per heavy atom. The molecule has 0 saturated heterocycles. The molecule has 0 spiro atoms. The topological polar surface area (TPSA) is 55.1 Å². The number of carbonyl (C=O) groups excluding carboxylic acids is 1. The quantitative estimate of drug-likeness (QED) is 0.579. The number of benzene rings is 2. The number of halogens is 3. The highest BCUT2D eigenvalue weighted by molar-refractivity contribution is 6.44. The molecule has 0 bridgehead atoms. The van der Waals surface area contributed by atoms with Gasteiger partial charge in [-0.2, -0.15) is 0 Å². The van der Waals surface area contributed by atoms with Gasteiger partial charge >= 0.3 is 0 Å². The number of aromatic nitrogens is 1. The number of hydrogen-bond donors (Lipinski definition) is 1. The van der Waals surface area contributed by atoms with Gasteiger partial charge in [0.2, 0.25) is 5.91 Å². The fourth-order valence-corrected chi connectivity index (χ4v) is 3.29.